The Morgan fingerprint density at radius 2 is 1.87 bits per heavy atom. The maximum absolute atomic E-state index is 13.3. The van der Waals surface area contributed by atoms with E-state index in [9.17, 15) is 17.6 Å². The standard InChI is InChI=1S/C14H8Br2ClFO4S/c1-22-11-4-7(6-19)12(15)13(16)14(11)23(20,21)8-2-3-10(18)9(17)5-8/h2-6H,1H3. The fourth-order valence-corrected chi connectivity index (χ4v) is 5.20. The first-order valence-electron chi connectivity index (χ1n) is 5.95. The van der Waals surface area contributed by atoms with Gasteiger partial charge in [0.15, 0.2) is 6.29 Å². The summed E-state index contributed by atoms with van der Waals surface area (Å²) in [5.74, 6) is -0.753. The normalized spacial score (nSPS) is 11.3. The van der Waals surface area contributed by atoms with E-state index in [4.69, 9.17) is 16.3 Å². The molecule has 0 aliphatic rings. The van der Waals surface area contributed by atoms with Crippen molar-refractivity contribution in [2.45, 2.75) is 9.79 Å². The smallest absolute Gasteiger partial charge is 0.211 e. The van der Waals surface area contributed by atoms with Crippen molar-refractivity contribution < 1.29 is 22.3 Å². The second-order valence-electron chi connectivity index (χ2n) is 4.32. The molecule has 0 N–H and O–H groups in total. The highest BCUT2D eigenvalue weighted by atomic mass is 79.9. The maximum atomic E-state index is 13.3. The molecule has 2 rings (SSSR count). The van der Waals surface area contributed by atoms with Gasteiger partial charge in [0.2, 0.25) is 9.84 Å². The van der Waals surface area contributed by atoms with Crippen LogP contribution in [0.25, 0.3) is 0 Å². The molecule has 0 unspecified atom stereocenters. The molecular weight excluding hydrogens is 478 g/mol. The van der Waals surface area contributed by atoms with Gasteiger partial charge in [0.25, 0.3) is 0 Å². The number of carbonyl (C=O) groups is 1. The lowest BCUT2D eigenvalue weighted by Gasteiger charge is -2.14. The fraction of sp³-hybridized carbons (Fsp3) is 0.0714. The lowest BCUT2D eigenvalue weighted by atomic mass is 10.2. The van der Waals surface area contributed by atoms with Crippen LogP contribution >= 0.6 is 43.5 Å². The van der Waals surface area contributed by atoms with E-state index in [2.05, 4.69) is 31.9 Å². The molecule has 0 saturated carbocycles. The monoisotopic (exact) mass is 484 g/mol. The molecule has 23 heavy (non-hydrogen) atoms. The Morgan fingerprint density at radius 3 is 2.39 bits per heavy atom. The molecule has 0 aliphatic heterocycles. The molecule has 0 aliphatic carbocycles. The highest BCUT2D eigenvalue weighted by Crippen LogP contribution is 2.42. The molecule has 0 heterocycles. The van der Waals surface area contributed by atoms with Crippen molar-refractivity contribution in [1.82, 2.24) is 0 Å². The highest BCUT2D eigenvalue weighted by molar-refractivity contribution is 9.13. The van der Waals surface area contributed by atoms with Gasteiger partial charge in [0.05, 0.1) is 21.5 Å². The van der Waals surface area contributed by atoms with Crippen molar-refractivity contribution in [3.8, 4) is 5.75 Å². The van der Waals surface area contributed by atoms with Gasteiger partial charge in [-0.3, -0.25) is 4.79 Å². The lowest BCUT2D eigenvalue weighted by Crippen LogP contribution is -2.07. The zero-order valence-electron chi connectivity index (χ0n) is 11.4. The number of hydrogen-bond acceptors (Lipinski definition) is 4. The van der Waals surface area contributed by atoms with E-state index in [0.717, 1.165) is 18.2 Å². The summed E-state index contributed by atoms with van der Waals surface area (Å²) in [7, 11) is -2.79. The first-order valence-corrected chi connectivity index (χ1v) is 9.40. The molecule has 0 spiro atoms. The summed E-state index contributed by atoms with van der Waals surface area (Å²) in [6, 6.07) is 4.37. The minimum Gasteiger partial charge on any atom is -0.495 e. The van der Waals surface area contributed by atoms with Gasteiger partial charge in [-0.2, -0.15) is 0 Å². The summed E-state index contributed by atoms with van der Waals surface area (Å²) < 4.78 is 44.4. The van der Waals surface area contributed by atoms with Crippen LogP contribution in [0.3, 0.4) is 0 Å². The number of rotatable bonds is 4. The Kier molecular flexibility index (Phi) is 5.50. The minimum absolute atomic E-state index is 0.0253. The second-order valence-corrected chi connectivity index (χ2v) is 8.20. The van der Waals surface area contributed by atoms with Crippen molar-refractivity contribution in [3.05, 3.63) is 49.6 Å². The van der Waals surface area contributed by atoms with Crippen LogP contribution in [0.15, 0.2) is 43.0 Å². The molecule has 0 amide bonds. The summed E-state index contributed by atoms with van der Waals surface area (Å²) in [6.07, 6.45) is 0.558. The Hall–Kier alpha value is -0.960. The molecule has 0 bridgehead atoms. The van der Waals surface area contributed by atoms with Gasteiger partial charge in [0, 0.05) is 10.0 Å². The van der Waals surface area contributed by atoms with Crippen LogP contribution < -0.4 is 4.74 Å². The number of aldehydes is 1. The number of halogens is 4. The predicted octanol–water partition coefficient (Wildman–Crippen LogP) is 4.66. The van der Waals surface area contributed by atoms with Crippen molar-refractivity contribution in [2.24, 2.45) is 0 Å². The van der Waals surface area contributed by atoms with Crippen LogP contribution in [0.1, 0.15) is 10.4 Å². The van der Waals surface area contributed by atoms with Crippen LogP contribution in [0.2, 0.25) is 5.02 Å². The molecule has 122 valence electrons. The molecule has 2 aromatic carbocycles. The van der Waals surface area contributed by atoms with Crippen LogP contribution in [0, 0.1) is 5.82 Å². The summed E-state index contributed by atoms with van der Waals surface area (Å²) >= 11 is 12.0. The summed E-state index contributed by atoms with van der Waals surface area (Å²) in [5, 5.41) is -0.315. The Morgan fingerprint density at radius 1 is 1.22 bits per heavy atom. The number of carbonyl (C=O) groups excluding carboxylic acids is 1. The van der Waals surface area contributed by atoms with Gasteiger partial charge in [0.1, 0.15) is 16.5 Å². The molecule has 0 atom stereocenters. The topological polar surface area (TPSA) is 60.4 Å². The lowest BCUT2D eigenvalue weighted by molar-refractivity contribution is 0.112. The molecule has 0 aromatic heterocycles. The van der Waals surface area contributed by atoms with Crippen LogP contribution in [0.5, 0.6) is 5.75 Å². The third-order valence-electron chi connectivity index (χ3n) is 2.97. The largest absolute Gasteiger partial charge is 0.495 e. The number of hydrogen-bond donors (Lipinski definition) is 0. The van der Waals surface area contributed by atoms with Crippen LogP contribution in [-0.2, 0) is 9.84 Å². The fourth-order valence-electron chi connectivity index (χ4n) is 1.85. The van der Waals surface area contributed by atoms with Gasteiger partial charge < -0.3 is 4.74 Å². The van der Waals surface area contributed by atoms with E-state index >= 15 is 0 Å². The molecule has 9 heteroatoms. The van der Waals surface area contributed by atoms with Crippen molar-refractivity contribution in [1.29, 1.82) is 0 Å². The zero-order chi connectivity index (χ0) is 17.4. The molecule has 0 saturated heterocycles. The van der Waals surface area contributed by atoms with Crippen molar-refractivity contribution in [3.63, 3.8) is 0 Å². The van der Waals surface area contributed by atoms with E-state index in [1.807, 2.05) is 0 Å². The van der Waals surface area contributed by atoms with E-state index in [0.29, 0.717) is 6.29 Å². The Balaban J connectivity index is 2.80. The van der Waals surface area contributed by atoms with Gasteiger partial charge in [-0.15, -0.1) is 0 Å². The summed E-state index contributed by atoms with van der Waals surface area (Å²) in [5.41, 5.74) is 0.213. The highest BCUT2D eigenvalue weighted by Gasteiger charge is 2.28. The average molecular weight is 487 g/mol. The predicted molar refractivity (Wildman–Crippen MR) is 90.6 cm³/mol. The van der Waals surface area contributed by atoms with Crippen molar-refractivity contribution in [2.75, 3.05) is 7.11 Å². The number of sulfone groups is 1. The average Bonchev–Trinajstić information content (AvgIpc) is 2.51. The molecular formula is C14H8Br2ClFO4S. The number of methoxy groups -OCH3 is 1. The van der Waals surface area contributed by atoms with Crippen LogP contribution in [-0.4, -0.2) is 21.8 Å². The second kappa shape index (κ2) is 6.88. The zero-order valence-corrected chi connectivity index (χ0v) is 16.2. The molecule has 4 nitrogen and oxygen atoms in total. The molecule has 0 radical (unpaired) electrons. The van der Waals surface area contributed by atoms with Crippen molar-refractivity contribution >= 4 is 59.6 Å². The van der Waals surface area contributed by atoms with Gasteiger partial charge in [-0.25, -0.2) is 12.8 Å². The summed E-state index contributed by atoms with van der Waals surface area (Å²) in [4.78, 5) is 10.7. The SMILES string of the molecule is COc1cc(C=O)c(Br)c(Br)c1S(=O)(=O)c1ccc(F)c(Cl)c1. The van der Waals surface area contributed by atoms with Gasteiger partial charge in [-0.05, 0) is 56.1 Å². The summed E-state index contributed by atoms with van der Waals surface area (Å²) in [6.45, 7) is 0. The number of benzene rings is 2. The first-order chi connectivity index (χ1) is 10.7. The van der Waals surface area contributed by atoms with E-state index in [-0.39, 0.29) is 35.1 Å². The Labute approximate surface area is 153 Å². The van der Waals surface area contributed by atoms with E-state index < -0.39 is 15.7 Å². The van der Waals surface area contributed by atoms with E-state index in [1.54, 1.807) is 0 Å². The third-order valence-corrected chi connectivity index (χ3v) is 7.52. The van der Waals surface area contributed by atoms with Gasteiger partial charge >= 0.3 is 0 Å². The van der Waals surface area contributed by atoms with Crippen LogP contribution in [0.4, 0.5) is 4.39 Å². The minimum atomic E-state index is -4.07. The Bertz CT molecular complexity index is 900. The molecule has 0 fully saturated rings. The van der Waals surface area contributed by atoms with Gasteiger partial charge in [-0.1, -0.05) is 11.6 Å². The number of ether oxygens (including phenoxy) is 1. The quantitative estimate of drug-likeness (QED) is 0.466. The third kappa shape index (κ3) is 3.31. The molecule has 2 aromatic rings. The van der Waals surface area contributed by atoms with E-state index in [1.165, 1.54) is 13.2 Å². The maximum Gasteiger partial charge on any atom is 0.211 e. The first kappa shape index (κ1) is 18.4.